The Morgan fingerprint density at radius 1 is 1.15 bits per heavy atom. The number of aromatic nitrogens is 3. The molecule has 0 spiro atoms. The van der Waals surface area contributed by atoms with Crippen LogP contribution in [0.4, 0.5) is 27.8 Å². The molecule has 10 nitrogen and oxygen atoms in total. The Bertz CT molecular complexity index is 1000. The highest BCUT2D eigenvalue weighted by Crippen LogP contribution is 2.34. The van der Waals surface area contributed by atoms with E-state index in [1.54, 1.807) is 24.8 Å². The second-order valence-corrected chi connectivity index (χ2v) is 5.76. The minimum Gasteiger partial charge on any atom is -0.486 e. The SMILES string of the molecule is CNC(=O)Nc1cnn2c(NC)cc(Nc3ccc4c(c3)OCCO4)nc12. The zero-order valence-electron chi connectivity index (χ0n) is 14.9. The van der Waals surface area contributed by atoms with Crippen LogP contribution in [-0.4, -0.2) is 47.9 Å². The number of ether oxygens (including phenoxy) is 2. The van der Waals surface area contributed by atoms with Gasteiger partial charge in [0.2, 0.25) is 0 Å². The Kier molecular flexibility index (Phi) is 4.29. The smallest absolute Gasteiger partial charge is 0.319 e. The first-order chi connectivity index (χ1) is 13.2. The number of carbonyl (C=O) groups is 1. The van der Waals surface area contributed by atoms with Crippen LogP contribution in [0.2, 0.25) is 0 Å². The number of hydrogen-bond donors (Lipinski definition) is 4. The molecule has 0 atom stereocenters. The predicted molar refractivity (Wildman–Crippen MR) is 101 cm³/mol. The summed E-state index contributed by atoms with van der Waals surface area (Å²) in [6.07, 6.45) is 1.55. The molecule has 0 radical (unpaired) electrons. The van der Waals surface area contributed by atoms with Crippen LogP contribution in [0.25, 0.3) is 5.65 Å². The monoisotopic (exact) mass is 369 g/mol. The van der Waals surface area contributed by atoms with Gasteiger partial charge in [0.25, 0.3) is 0 Å². The fraction of sp³-hybridized carbons (Fsp3) is 0.235. The van der Waals surface area contributed by atoms with Crippen LogP contribution in [0, 0.1) is 0 Å². The summed E-state index contributed by atoms with van der Waals surface area (Å²) in [5.74, 6) is 2.71. The lowest BCUT2D eigenvalue weighted by molar-refractivity contribution is 0.171. The van der Waals surface area contributed by atoms with Crippen LogP contribution in [-0.2, 0) is 0 Å². The third-order valence-corrected chi connectivity index (χ3v) is 4.02. The maximum absolute atomic E-state index is 11.6. The van der Waals surface area contributed by atoms with Gasteiger partial charge in [-0.2, -0.15) is 9.61 Å². The number of nitrogens with zero attached hydrogens (tertiary/aromatic N) is 3. The highest BCUT2D eigenvalue weighted by molar-refractivity contribution is 5.93. The maximum atomic E-state index is 11.6. The average Bonchev–Trinajstić information content (AvgIpc) is 3.09. The topological polar surface area (TPSA) is 114 Å². The van der Waals surface area contributed by atoms with E-state index in [9.17, 15) is 4.79 Å². The molecule has 140 valence electrons. The molecule has 0 aliphatic carbocycles. The Morgan fingerprint density at radius 2 is 1.96 bits per heavy atom. The summed E-state index contributed by atoms with van der Waals surface area (Å²) in [5, 5.41) is 15.8. The van der Waals surface area contributed by atoms with E-state index < -0.39 is 0 Å². The van der Waals surface area contributed by atoms with Gasteiger partial charge in [-0.1, -0.05) is 0 Å². The van der Waals surface area contributed by atoms with E-state index in [1.165, 1.54) is 0 Å². The summed E-state index contributed by atoms with van der Waals surface area (Å²) in [6, 6.07) is 7.08. The molecule has 0 saturated carbocycles. The van der Waals surface area contributed by atoms with Gasteiger partial charge in [-0.3, -0.25) is 0 Å². The minimum absolute atomic E-state index is 0.345. The first-order valence-corrected chi connectivity index (χ1v) is 8.40. The van der Waals surface area contributed by atoms with Crippen LogP contribution < -0.4 is 30.7 Å². The van der Waals surface area contributed by atoms with Crippen molar-refractivity contribution >= 4 is 34.7 Å². The Hall–Kier alpha value is -3.69. The first kappa shape index (κ1) is 16.8. The van der Waals surface area contributed by atoms with Gasteiger partial charge in [0.05, 0.1) is 6.20 Å². The van der Waals surface area contributed by atoms with Gasteiger partial charge in [-0.05, 0) is 12.1 Å². The van der Waals surface area contributed by atoms with E-state index in [-0.39, 0.29) is 6.03 Å². The number of hydrogen-bond acceptors (Lipinski definition) is 7. The van der Waals surface area contributed by atoms with Crippen LogP contribution in [0.1, 0.15) is 0 Å². The van der Waals surface area contributed by atoms with Gasteiger partial charge in [0.15, 0.2) is 17.1 Å². The van der Waals surface area contributed by atoms with E-state index in [4.69, 9.17) is 9.47 Å². The molecule has 0 unspecified atom stereocenters. The molecule has 4 N–H and O–H groups in total. The Morgan fingerprint density at radius 3 is 2.74 bits per heavy atom. The molecule has 1 aromatic carbocycles. The summed E-state index contributed by atoms with van der Waals surface area (Å²) in [4.78, 5) is 16.2. The third-order valence-electron chi connectivity index (χ3n) is 4.02. The fourth-order valence-corrected chi connectivity index (χ4v) is 2.75. The second-order valence-electron chi connectivity index (χ2n) is 5.76. The number of carbonyl (C=O) groups excluding carboxylic acids is 1. The zero-order valence-corrected chi connectivity index (χ0v) is 14.9. The largest absolute Gasteiger partial charge is 0.486 e. The normalized spacial score (nSPS) is 12.5. The molecule has 2 amide bonds. The van der Waals surface area contributed by atoms with Gasteiger partial charge >= 0.3 is 6.03 Å². The molecular formula is C17H19N7O3. The number of amides is 2. The number of urea groups is 1. The van der Waals surface area contributed by atoms with E-state index in [2.05, 4.69) is 31.3 Å². The minimum atomic E-state index is -0.345. The standard InChI is InChI=1S/C17H19N7O3/c1-18-15-8-14(21-10-3-4-12-13(7-10)27-6-5-26-12)23-16-11(9-20-24(15)16)22-17(25)19-2/h3-4,7-9,18H,5-6H2,1-2H3,(H,21,23)(H2,19,22,25). The molecule has 27 heavy (non-hydrogen) atoms. The van der Waals surface area contributed by atoms with Crippen molar-refractivity contribution in [2.75, 3.05) is 43.3 Å². The summed E-state index contributed by atoms with van der Waals surface area (Å²) >= 11 is 0. The molecule has 1 aliphatic heterocycles. The lowest BCUT2D eigenvalue weighted by atomic mass is 10.2. The molecule has 0 saturated heterocycles. The Labute approximate surface area is 154 Å². The van der Waals surface area contributed by atoms with Crippen molar-refractivity contribution in [2.45, 2.75) is 0 Å². The fourth-order valence-electron chi connectivity index (χ4n) is 2.75. The predicted octanol–water partition coefficient (Wildman–Crippen LogP) is 2.04. The third kappa shape index (κ3) is 3.24. The highest BCUT2D eigenvalue weighted by atomic mass is 16.6. The van der Waals surface area contributed by atoms with E-state index >= 15 is 0 Å². The van der Waals surface area contributed by atoms with E-state index in [0.717, 1.165) is 11.4 Å². The van der Waals surface area contributed by atoms with Gasteiger partial charge in [-0.25, -0.2) is 9.78 Å². The molecule has 0 bridgehead atoms. The molecule has 4 rings (SSSR count). The van der Waals surface area contributed by atoms with Gasteiger partial charge in [0.1, 0.15) is 30.5 Å². The number of fused-ring (bicyclic) bond motifs is 2. The van der Waals surface area contributed by atoms with Crippen molar-refractivity contribution in [2.24, 2.45) is 0 Å². The number of anilines is 4. The van der Waals surface area contributed by atoms with Gasteiger partial charge in [0, 0.05) is 31.9 Å². The summed E-state index contributed by atoms with van der Waals surface area (Å²) < 4.78 is 12.8. The first-order valence-electron chi connectivity index (χ1n) is 8.40. The summed E-state index contributed by atoms with van der Waals surface area (Å²) in [7, 11) is 3.33. The highest BCUT2D eigenvalue weighted by Gasteiger charge is 2.15. The van der Waals surface area contributed by atoms with Crippen LogP contribution >= 0.6 is 0 Å². The zero-order chi connectivity index (χ0) is 18.8. The van der Waals surface area contributed by atoms with Crippen LogP contribution in [0.15, 0.2) is 30.5 Å². The quantitative estimate of drug-likeness (QED) is 0.556. The molecule has 2 aromatic heterocycles. The van der Waals surface area contributed by atoms with Crippen molar-refractivity contribution in [1.29, 1.82) is 0 Å². The lowest BCUT2D eigenvalue weighted by Gasteiger charge is -2.19. The number of benzene rings is 1. The van der Waals surface area contributed by atoms with Gasteiger partial charge < -0.3 is 30.7 Å². The second kappa shape index (κ2) is 6.90. The van der Waals surface area contributed by atoms with Crippen LogP contribution in [0.3, 0.4) is 0 Å². The van der Waals surface area contributed by atoms with Crippen molar-refractivity contribution in [3.8, 4) is 11.5 Å². The average molecular weight is 369 g/mol. The molecule has 3 aromatic rings. The number of nitrogens with one attached hydrogen (secondary N) is 4. The molecule has 1 aliphatic rings. The van der Waals surface area contributed by atoms with E-state index in [1.807, 2.05) is 24.3 Å². The van der Waals surface area contributed by atoms with Crippen molar-refractivity contribution in [3.05, 3.63) is 30.5 Å². The van der Waals surface area contributed by atoms with Crippen molar-refractivity contribution in [3.63, 3.8) is 0 Å². The van der Waals surface area contributed by atoms with Gasteiger partial charge in [-0.15, -0.1) is 0 Å². The molecule has 0 fully saturated rings. The van der Waals surface area contributed by atoms with Crippen molar-refractivity contribution in [1.82, 2.24) is 19.9 Å². The molecule has 3 heterocycles. The molecular weight excluding hydrogens is 350 g/mol. The van der Waals surface area contributed by atoms with Crippen molar-refractivity contribution < 1.29 is 14.3 Å². The summed E-state index contributed by atoms with van der Waals surface area (Å²) in [5.41, 5.74) is 1.81. The number of rotatable bonds is 4. The maximum Gasteiger partial charge on any atom is 0.319 e. The lowest BCUT2D eigenvalue weighted by Crippen LogP contribution is -2.24. The van der Waals surface area contributed by atoms with Crippen LogP contribution in [0.5, 0.6) is 11.5 Å². The summed E-state index contributed by atoms with van der Waals surface area (Å²) in [6.45, 7) is 1.07. The Balaban J connectivity index is 1.69. The molecule has 10 heteroatoms. The van der Waals surface area contributed by atoms with E-state index in [0.29, 0.717) is 41.9 Å².